The van der Waals surface area contributed by atoms with Gasteiger partial charge in [0.2, 0.25) is 0 Å². The van der Waals surface area contributed by atoms with E-state index in [1.54, 1.807) is 0 Å². The highest BCUT2D eigenvalue weighted by Crippen LogP contribution is 2.15. The van der Waals surface area contributed by atoms with Crippen molar-refractivity contribution < 1.29 is 23.8 Å². The fraction of sp³-hybridized carbons (Fsp3) is 0.111. The Balaban J connectivity index is 2.76. The molecule has 0 aliphatic carbocycles. The van der Waals surface area contributed by atoms with E-state index in [-0.39, 0.29) is 11.3 Å². The molecule has 0 amide bonds. The lowest BCUT2D eigenvalue weighted by Crippen LogP contribution is -2.09. The van der Waals surface area contributed by atoms with Crippen LogP contribution >= 0.6 is 0 Å². The Morgan fingerprint density at radius 1 is 1.57 bits per heavy atom. The molecule has 0 heterocycles. The molecule has 0 radical (unpaired) electrons. The van der Waals surface area contributed by atoms with Gasteiger partial charge in [-0.15, -0.1) is 0 Å². The quantitative estimate of drug-likeness (QED) is 0.736. The standard InChI is InChI=1S/C9H7FO4/c10-8-3-7(14-5-9(12)13)2-1-6(8)4-11/h1-4H,5H2,(H,12,13). The summed E-state index contributed by atoms with van der Waals surface area (Å²) in [6, 6.07) is 3.52. The summed E-state index contributed by atoms with van der Waals surface area (Å²) in [5, 5.41) is 8.27. The molecule has 0 aliphatic rings. The molecule has 1 rings (SSSR count). The predicted octanol–water partition coefficient (Wildman–Crippen LogP) is 1.10. The number of carboxylic acids is 1. The Kier molecular flexibility index (Phi) is 3.17. The van der Waals surface area contributed by atoms with Gasteiger partial charge in [0.05, 0.1) is 5.56 Å². The molecule has 0 fully saturated rings. The minimum absolute atomic E-state index is 0.0792. The molecule has 0 aliphatic heterocycles. The first kappa shape index (κ1) is 10.2. The summed E-state index contributed by atoms with van der Waals surface area (Å²) in [7, 11) is 0. The van der Waals surface area contributed by atoms with E-state index in [1.807, 2.05) is 0 Å². The third-order valence-corrected chi connectivity index (χ3v) is 1.46. The Bertz CT molecular complexity index is 362. The highest BCUT2D eigenvalue weighted by atomic mass is 19.1. The van der Waals surface area contributed by atoms with E-state index in [0.29, 0.717) is 6.29 Å². The molecule has 74 valence electrons. The van der Waals surface area contributed by atoms with Gasteiger partial charge in [0.15, 0.2) is 12.9 Å². The molecule has 0 spiro atoms. The van der Waals surface area contributed by atoms with Crippen molar-refractivity contribution in [1.29, 1.82) is 0 Å². The van der Waals surface area contributed by atoms with Crippen LogP contribution in [0.2, 0.25) is 0 Å². The fourth-order valence-electron chi connectivity index (χ4n) is 0.838. The van der Waals surface area contributed by atoms with E-state index >= 15 is 0 Å². The molecule has 0 bridgehead atoms. The number of benzene rings is 1. The molecular formula is C9H7FO4. The maximum Gasteiger partial charge on any atom is 0.341 e. The summed E-state index contributed by atoms with van der Waals surface area (Å²) in [5.74, 6) is -1.80. The van der Waals surface area contributed by atoms with Crippen molar-refractivity contribution >= 4 is 12.3 Å². The Morgan fingerprint density at radius 3 is 2.79 bits per heavy atom. The van der Waals surface area contributed by atoms with Crippen molar-refractivity contribution in [3.8, 4) is 5.75 Å². The zero-order valence-electron chi connectivity index (χ0n) is 7.07. The third kappa shape index (κ3) is 2.55. The van der Waals surface area contributed by atoms with E-state index in [9.17, 15) is 14.0 Å². The zero-order valence-corrected chi connectivity index (χ0v) is 7.07. The van der Waals surface area contributed by atoms with E-state index < -0.39 is 18.4 Å². The first-order valence-electron chi connectivity index (χ1n) is 3.73. The van der Waals surface area contributed by atoms with Gasteiger partial charge < -0.3 is 9.84 Å². The van der Waals surface area contributed by atoms with Crippen LogP contribution in [0.25, 0.3) is 0 Å². The van der Waals surface area contributed by atoms with Crippen LogP contribution in [0.3, 0.4) is 0 Å². The lowest BCUT2D eigenvalue weighted by Gasteiger charge is -2.03. The summed E-state index contributed by atoms with van der Waals surface area (Å²) in [6.45, 7) is -0.542. The van der Waals surface area contributed by atoms with Crippen LogP contribution in [0.15, 0.2) is 18.2 Å². The van der Waals surface area contributed by atoms with Crippen LogP contribution in [0.1, 0.15) is 10.4 Å². The van der Waals surface area contributed by atoms with E-state index in [0.717, 1.165) is 6.07 Å². The van der Waals surface area contributed by atoms with Gasteiger partial charge in [-0.05, 0) is 12.1 Å². The number of aliphatic carboxylic acids is 1. The van der Waals surface area contributed by atoms with E-state index in [2.05, 4.69) is 0 Å². The van der Waals surface area contributed by atoms with Crippen LogP contribution < -0.4 is 4.74 Å². The minimum atomic E-state index is -1.15. The second kappa shape index (κ2) is 4.36. The van der Waals surface area contributed by atoms with Crippen molar-refractivity contribution in [2.75, 3.05) is 6.61 Å². The van der Waals surface area contributed by atoms with Crippen molar-refractivity contribution in [3.05, 3.63) is 29.6 Å². The van der Waals surface area contributed by atoms with Gasteiger partial charge in [-0.3, -0.25) is 4.79 Å². The molecule has 1 aromatic carbocycles. The topological polar surface area (TPSA) is 63.6 Å². The summed E-state index contributed by atoms with van der Waals surface area (Å²) in [5.41, 5.74) is -0.0901. The molecule has 4 nitrogen and oxygen atoms in total. The summed E-state index contributed by atoms with van der Waals surface area (Å²) in [4.78, 5) is 20.3. The van der Waals surface area contributed by atoms with Crippen LogP contribution in [0, 0.1) is 5.82 Å². The number of carbonyl (C=O) groups is 2. The van der Waals surface area contributed by atoms with Crippen LogP contribution in [-0.4, -0.2) is 24.0 Å². The number of rotatable bonds is 4. The SMILES string of the molecule is O=Cc1ccc(OCC(=O)O)cc1F. The third-order valence-electron chi connectivity index (χ3n) is 1.46. The summed E-state index contributed by atoms with van der Waals surface area (Å²) < 4.78 is 17.6. The second-order valence-electron chi connectivity index (χ2n) is 2.48. The van der Waals surface area contributed by atoms with Crippen molar-refractivity contribution in [3.63, 3.8) is 0 Å². The largest absolute Gasteiger partial charge is 0.482 e. The van der Waals surface area contributed by atoms with Crippen molar-refractivity contribution in [2.24, 2.45) is 0 Å². The molecule has 5 heteroatoms. The number of halogens is 1. The van der Waals surface area contributed by atoms with Gasteiger partial charge in [-0.2, -0.15) is 0 Å². The highest BCUT2D eigenvalue weighted by molar-refractivity contribution is 5.75. The van der Waals surface area contributed by atoms with Gasteiger partial charge in [0, 0.05) is 6.07 Å². The van der Waals surface area contributed by atoms with Crippen LogP contribution in [0.4, 0.5) is 4.39 Å². The molecule has 0 unspecified atom stereocenters. The van der Waals surface area contributed by atoms with Gasteiger partial charge in [0.1, 0.15) is 11.6 Å². The second-order valence-corrected chi connectivity index (χ2v) is 2.48. The zero-order chi connectivity index (χ0) is 10.6. The number of carbonyl (C=O) groups excluding carboxylic acids is 1. The number of carboxylic acid groups (broad SMARTS) is 1. The molecule has 1 aromatic rings. The van der Waals surface area contributed by atoms with Gasteiger partial charge in [-0.1, -0.05) is 0 Å². The fourth-order valence-corrected chi connectivity index (χ4v) is 0.838. The molecule has 0 aromatic heterocycles. The lowest BCUT2D eigenvalue weighted by atomic mass is 10.2. The molecule has 14 heavy (non-hydrogen) atoms. The normalized spacial score (nSPS) is 9.50. The number of hydrogen-bond donors (Lipinski definition) is 1. The number of hydrogen-bond acceptors (Lipinski definition) is 3. The van der Waals surface area contributed by atoms with Gasteiger partial charge >= 0.3 is 5.97 Å². The first-order chi connectivity index (χ1) is 6.63. The highest BCUT2D eigenvalue weighted by Gasteiger charge is 2.04. The first-order valence-corrected chi connectivity index (χ1v) is 3.73. The Labute approximate surface area is 78.9 Å². The van der Waals surface area contributed by atoms with Crippen molar-refractivity contribution in [2.45, 2.75) is 0 Å². The maximum absolute atomic E-state index is 12.9. The molecule has 0 atom stereocenters. The van der Waals surface area contributed by atoms with Crippen LogP contribution in [-0.2, 0) is 4.79 Å². The number of aldehydes is 1. The average molecular weight is 198 g/mol. The van der Waals surface area contributed by atoms with Gasteiger partial charge in [0.25, 0.3) is 0 Å². The Morgan fingerprint density at radius 2 is 2.29 bits per heavy atom. The summed E-state index contributed by atoms with van der Waals surface area (Å²) in [6.07, 6.45) is 0.371. The smallest absolute Gasteiger partial charge is 0.341 e. The average Bonchev–Trinajstić information content (AvgIpc) is 2.15. The van der Waals surface area contributed by atoms with E-state index in [1.165, 1.54) is 12.1 Å². The molecule has 0 saturated heterocycles. The monoisotopic (exact) mass is 198 g/mol. The Hall–Kier alpha value is -1.91. The van der Waals surface area contributed by atoms with E-state index in [4.69, 9.17) is 9.84 Å². The lowest BCUT2D eigenvalue weighted by molar-refractivity contribution is -0.139. The molecule has 0 saturated carbocycles. The van der Waals surface area contributed by atoms with Crippen LogP contribution in [0.5, 0.6) is 5.75 Å². The maximum atomic E-state index is 12.9. The van der Waals surface area contributed by atoms with Gasteiger partial charge in [-0.25, -0.2) is 9.18 Å². The molecular weight excluding hydrogens is 191 g/mol. The minimum Gasteiger partial charge on any atom is -0.482 e. The van der Waals surface area contributed by atoms with Crippen molar-refractivity contribution in [1.82, 2.24) is 0 Å². The molecule has 1 N–H and O–H groups in total. The summed E-state index contributed by atoms with van der Waals surface area (Å²) >= 11 is 0. The predicted molar refractivity (Wildman–Crippen MR) is 44.9 cm³/mol. The number of ether oxygens (including phenoxy) is 1.